The fraction of sp³-hybridized carbons (Fsp3) is 0.769. The summed E-state index contributed by atoms with van der Waals surface area (Å²) in [6, 6.07) is 0. The van der Waals surface area contributed by atoms with Gasteiger partial charge in [-0.3, -0.25) is 4.68 Å². The highest BCUT2D eigenvalue weighted by atomic mass is 19.3. The first kappa shape index (κ1) is 15.1. The average molecular weight is 259 g/mol. The van der Waals surface area contributed by atoms with Gasteiger partial charge in [0.15, 0.2) is 0 Å². The van der Waals surface area contributed by atoms with Crippen molar-refractivity contribution in [2.24, 2.45) is 0 Å². The monoisotopic (exact) mass is 259 g/mol. The molecule has 0 aliphatic rings. The maximum Gasteiger partial charge on any atom is 0.257 e. The van der Waals surface area contributed by atoms with E-state index in [4.69, 9.17) is 0 Å². The highest BCUT2D eigenvalue weighted by Crippen LogP contribution is 2.17. The van der Waals surface area contributed by atoms with Crippen LogP contribution in [-0.4, -0.2) is 22.8 Å². The van der Waals surface area contributed by atoms with Gasteiger partial charge in [0, 0.05) is 17.8 Å². The van der Waals surface area contributed by atoms with Crippen molar-refractivity contribution in [3.05, 3.63) is 17.0 Å². The molecule has 0 fully saturated rings. The molecule has 1 rings (SSSR count). The lowest BCUT2D eigenvalue weighted by molar-refractivity contribution is 0.120. The number of halogens is 2. The molecule has 0 amide bonds. The van der Waals surface area contributed by atoms with E-state index >= 15 is 0 Å². The Morgan fingerprint density at radius 3 is 2.44 bits per heavy atom. The number of aryl methyl sites for hydroxylation is 1. The largest absolute Gasteiger partial charge is 0.313 e. The molecule has 1 heterocycles. The first-order valence-corrected chi connectivity index (χ1v) is 6.70. The van der Waals surface area contributed by atoms with Crippen LogP contribution in [0.15, 0.2) is 0 Å². The Labute approximate surface area is 108 Å². The lowest BCUT2D eigenvalue weighted by Crippen LogP contribution is -2.16. The molecular weight excluding hydrogens is 236 g/mol. The second-order valence-corrected chi connectivity index (χ2v) is 4.33. The SMILES string of the molecule is CCCNCc1c(CC)nn(CC(F)F)c1CC. The number of aromatic nitrogens is 2. The van der Waals surface area contributed by atoms with Gasteiger partial charge in [0.25, 0.3) is 6.43 Å². The Bertz CT molecular complexity index is 361. The molecule has 18 heavy (non-hydrogen) atoms. The van der Waals surface area contributed by atoms with Gasteiger partial charge in [-0.05, 0) is 25.8 Å². The summed E-state index contributed by atoms with van der Waals surface area (Å²) < 4.78 is 26.5. The predicted molar refractivity (Wildman–Crippen MR) is 69.0 cm³/mol. The standard InChI is InChI=1S/C13H23F2N3/c1-4-7-16-8-10-11(5-2)17-18(9-13(14)15)12(10)6-3/h13,16H,4-9H2,1-3H3. The van der Waals surface area contributed by atoms with Crippen LogP contribution in [0.25, 0.3) is 0 Å². The topological polar surface area (TPSA) is 29.9 Å². The quantitative estimate of drug-likeness (QED) is 0.728. The van der Waals surface area contributed by atoms with E-state index in [1.165, 1.54) is 4.68 Å². The average Bonchev–Trinajstić information content (AvgIpc) is 2.66. The van der Waals surface area contributed by atoms with Crippen LogP contribution in [0.2, 0.25) is 0 Å². The van der Waals surface area contributed by atoms with Crippen molar-refractivity contribution in [2.75, 3.05) is 6.54 Å². The minimum absolute atomic E-state index is 0.302. The smallest absolute Gasteiger partial charge is 0.257 e. The first-order valence-electron chi connectivity index (χ1n) is 6.70. The molecule has 0 aliphatic carbocycles. The van der Waals surface area contributed by atoms with Gasteiger partial charge in [0.2, 0.25) is 0 Å². The molecule has 1 aromatic heterocycles. The van der Waals surface area contributed by atoms with Gasteiger partial charge in [0.1, 0.15) is 6.54 Å². The number of nitrogens with zero attached hydrogens (tertiary/aromatic N) is 2. The van der Waals surface area contributed by atoms with Crippen LogP contribution in [0.3, 0.4) is 0 Å². The van der Waals surface area contributed by atoms with Crippen molar-refractivity contribution < 1.29 is 8.78 Å². The molecule has 0 spiro atoms. The van der Waals surface area contributed by atoms with Crippen LogP contribution < -0.4 is 5.32 Å². The molecule has 0 aliphatic heterocycles. The zero-order valence-corrected chi connectivity index (χ0v) is 11.5. The number of alkyl halides is 2. The first-order chi connectivity index (χ1) is 8.63. The van der Waals surface area contributed by atoms with Crippen molar-refractivity contribution in [1.82, 2.24) is 15.1 Å². The molecule has 0 aromatic carbocycles. The van der Waals surface area contributed by atoms with E-state index in [-0.39, 0.29) is 6.54 Å². The van der Waals surface area contributed by atoms with Crippen LogP contribution in [0.4, 0.5) is 8.78 Å². The molecule has 0 bridgehead atoms. The summed E-state index contributed by atoms with van der Waals surface area (Å²) in [5, 5.41) is 7.64. The van der Waals surface area contributed by atoms with Gasteiger partial charge in [-0.15, -0.1) is 0 Å². The summed E-state index contributed by atoms with van der Waals surface area (Å²) in [4.78, 5) is 0. The summed E-state index contributed by atoms with van der Waals surface area (Å²) in [7, 11) is 0. The molecule has 3 nitrogen and oxygen atoms in total. The van der Waals surface area contributed by atoms with Crippen LogP contribution in [0.1, 0.15) is 44.1 Å². The lowest BCUT2D eigenvalue weighted by atomic mass is 10.1. The third kappa shape index (κ3) is 3.77. The molecule has 1 N–H and O–H groups in total. The van der Waals surface area contributed by atoms with Gasteiger partial charge < -0.3 is 5.32 Å². The molecule has 5 heteroatoms. The maximum atomic E-state index is 12.5. The fourth-order valence-electron chi connectivity index (χ4n) is 2.14. The second-order valence-electron chi connectivity index (χ2n) is 4.33. The van der Waals surface area contributed by atoms with Crippen molar-refractivity contribution in [2.45, 2.75) is 59.5 Å². The fourth-order valence-corrected chi connectivity index (χ4v) is 2.14. The molecule has 0 radical (unpaired) electrons. The highest BCUT2D eigenvalue weighted by molar-refractivity contribution is 5.26. The normalized spacial score (nSPS) is 11.4. The lowest BCUT2D eigenvalue weighted by Gasteiger charge is -2.08. The zero-order chi connectivity index (χ0) is 13.5. The number of hydrogen-bond acceptors (Lipinski definition) is 2. The second kappa shape index (κ2) is 7.46. The van der Waals surface area contributed by atoms with Crippen molar-refractivity contribution >= 4 is 0 Å². The molecule has 0 atom stereocenters. The Balaban J connectivity index is 2.93. The molecule has 0 saturated heterocycles. The van der Waals surface area contributed by atoms with E-state index in [0.717, 1.165) is 49.3 Å². The molecular formula is C13H23F2N3. The van der Waals surface area contributed by atoms with E-state index in [9.17, 15) is 8.78 Å². The predicted octanol–water partition coefficient (Wildman–Crippen LogP) is 2.77. The van der Waals surface area contributed by atoms with Crippen LogP contribution in [-0.2, 0) is 25.9 Å². The van der Waals surface area contributed by atoms with Crippen LogP contribution in [0, 0.1) is 0 Å². The molecule has 104 valence electrons. The molecule has 0 saturated carbocycles. The Morgan fingerprint density at radius 2 is 1.94 bits per heavy atom. The van der Waals surface area contributed by atoms with Crippen molar-refractivity contribution in [3.63, 3.8) is 0 Å². The summed E-state index contributed by atoms with van der Waals surface area (Å²) in [6.07, 6.45) is 0.236. The van der Waals surface area contributed by atoms with Gasteiger partial charge in [-0.2, -0.15) is 5.10 Å². The van der Waals surface area contributed by atoms with Gasteiger partial charge in [-0.25, -0.2) is 8.78 Å². The van der Waals surface area contributed by atoms with E-state index in [1.54, 1.807) is 0 Å². The van der Waals surface area contributed by atoms with Gasteiger partial charge >= 0.3 is 0 Å². The third-order valence-electron chi connectivity index (χ3n) is 2.96. The van der Waals surface area contributed by atoms with Gasteiger partial charge in [-0.1, -0.05) is 20.8 Å². The Hall–Kier alpha value is -0.970. The Morgan fingerprint density at radius 1 is 1.22 bits per heavy atom. The maximum absolute atomic E-state index is 12.5. The summed E-state index contributed by atoms with van der Waals surface area (Å²) in [6.45, 7) is 7.47. The summed E-state index contributed by atoms with van der Waals surface area (Å²) in [5.41, 5.74) is 2.99. The number of nitrogens with one attached hydrogen (secondary N) is 1. The van der Waals surface area contributed by atoms with E-state index < -0.39 is 6.43 Å². The highest BCUT2D eigenvalue weighted by Gasteiger charge is 2.17. The van der Waals surface area contributed by atoms with Crippen LogP contribution in [0.5, 0.6) is 0 Å². The zero-order valence-electron chi connectivity index (χ0n) is 11.5. The minimum atomic E-state index is -2.35. The minimum Gasteiger partial charge on any atom is -0.313 e. The Kier molecular flexibility index (Phi) is 6.25. The van der Waals surface area contributed by atoms with Crippen LogP contribution >= 0.6 is 0 Å². The number of rotatable bonds is 8. The van der Waals surface area contributed by atoms with E-state index in [1.807, 2.05) is 13.8 Å². The molecule has 1 aromatic rings. The van der Waals surface area contributed by atoms with Gasteiger partial charge in [0.05, 0.1) is 5.69 Å². The van der Waals surface area contributed by atoms with Crippen molar-refractivity contribution in [3.8, 4) is 0 Å². The molecule has 0 unspecified atom stereocenters. The van der Waals surface area contributed by atoms with E-state index in [0.29, 0.717) is 0 Å². The van der Waals surface area contributed by atoms with E-state index in [2.05, 4.69) is 17.3 Å². The third-order valence-corrected chi connectivity index (χ3v) is 2.96. The summed E-state index contributed by atoms with van der Waals surface area (Å²) >= 11 is 0. The van der Waals surface area contributed by atoms with Crippen molar-refractivity contribution in [1.29, 1.82) is 0 Å². The summed E-state index contributed by atoms with van der Waals surface area (Å²) in [5.74, 6) is 0. The number of hydrogen-bond donors (Lipinski definition) is 1.